The normalized spacial score (nSPS) is 12.4. The zero-order valence-electron chi connectivity index (χ0n) is 12.2. The van der Waals surface area contributed by atoms with Gasteiger partial charge in [-0.05, 0) is 48.5 Å². The zero-order chi connectivity index (χ0) is 15.2. The number of hydrogen-bond donors (Lipinski definition) is 1. The molecule has 0 heterocycles. The Morgan fingerprint density at radius 3 is 2.67 bits per heavy atom. The van der Waals surface area contributed by atoms with E-state index in [0.717, 1.165) is 6.54 Å². The molecule has 1 atom stereocenters. The molecule has 1 nitrogen and oxygen atoms in total. The molecule has 0 saturated carbocycles. The van der Waals surface area contributed by atoms with Crippen molar-refractivity contribution in [2.45, 2.75) is 24.3 Å². The van der Waals surface area contributed by atoms with Gasteiger partial charge in [-0.1, -0.05) is 42.8 Å². The monoisotopic (exact) mass is 323 g/mol. The van der Waals surface area contributed by atoms with Gasteiger partial charge in [0.05, 0.1) is 0 Å². The summed E-state index contributed by atoms with van der Waals surface area (Å²) in [4.78, 5) is 1.22. The molecule has 21 heavy (non-hydrogen) atoms. The SMILES string of the molecule is CCNC(Cc1ccc(Cl)cc1F)c1ccccc1SC. The number of benzene rings is 2. The largest absolute Gasteiger partial charge is 0.310 e. The van der Waals surface area contributed by atoms with Crippen molar-refractivity contribution >= 4 is 23.4 Å². The van der Waals surface area contributed by atoms with Crippen LogP contribution in [0.2, 0.25) is 5.02 Å². The number of rotatable bonds is 6. The summed E-state index contributed by atoms with van der Waals surface area (Å²) >= 11 is 7.53. The first-order chi connectivity index (χ1) is 10.2. The number of likely N-dealkylation sites (N-methyl/N-ethyl adjacent to an activating group) is 1. The first kappa shape index (κ1) is 16.3. The van der Waals surface area contributed by atoms with E-state index in [1.807, 2.05) is 12.1 Å². The Morgan fingerprint density at radius 2 is 2.00 bits per heavy atom. The smallest absolute Gasteiger partial charge is 0.127 e. The minimum atomic E-state index is -0.243. The Labute approximate surface area is 134 Å². The van der Waals surface area contributed by atoms with Crippen molar-refractivity contribution in [2.75, 3.05) is 12.8 Å². The molecule has 2 rings (SSSR count). The summed E-state index contributed by atoms with van der Waals surface area (Å²) in [6.07, 6.45) is 2.67. The fourth-order valence-corrected chi connectivity index (χ4v) is 3.22. The molecule has 0 aromatic heterocycles. The van der Waals surface area contributed by atoms with Gasteiger partial charge in [-0.3, -0.25) is 0 Å². The van der Waals surface area contributed by atoms with Crippen LogP contribution in [0.1, 0.15) is 24.1 Å². The van der Waals surface area contributed by atoms with E-state index in [-0.39, 0.29) is 11.9 Å². The van der Waals surface area contributed by atoms with Gasteiger partial charge in [-0.2, -0.15) is 0 Å². The Morgan fingerprint density at radius 1 is 1.24 bits per heavy atom. The molecule has 2 aromatic carbocycles. The van der Waals surface area contributed by atoms with Crippen LogP contribution in [-0.2, 0) is 6.42 Å². The van der Waals surface area contributed by atoms with Gasteiger partial charge in [-0.15, -0.1) is 11.8 Å². The molecule has 1 N–H and O–H groups in total. The maximum absolute atomic E-state index is 14.0. The van der Waals surface area contributed by atoms with Crippen LogP contribution >= 0.6 is 23.4 Å². The van der Waals surface area contributed by atoms with E-state index < -0.39 is 0 Å². The zero-order valence-corrected chi connectivity index (χ0v) is 13.8. The summed E-state index contributed by atoms with van der Waals surface area (Å²) in [5.41, 5.74) is 1.89. The predicted octanol–water partition coefficient (Wildman–Crippen LogP) is 5.09. The summed E-state index contributed by atoms with van der Waals surface area (Å²) in [6, 6.07) is 13.2. The molecule has 0 amide bonds. The third-order valence-electron chi connectivity index (χ3n) is 3.40. The molecule has 0 saturated heterocycles. The van der Waals surface area contributed by atoms with E-state index in [4.69, 9.17) is 11.6 Å². The first-order valence-corrected chi connectivity index (χ1v) is 8.56. The van der Waals surface area contributed by atoms with Crippen molar-refractivity contribution < 1.29 is 4.39 Å². The topological polar surface area (TPSA) is 12.0 Å². The van der Waals surface area contributed by atoms with Gasteiger partial charge >= 0.3 is 0 Å². The van der Waals surface area contributed by atoms with Crippen LogP contribution in [-0.4, -0.2) is 12.8 Å². The second-order valence-electron chi connectivity index (χ2n) is 4.79. The molecule has 1 unspecified atom stereocenters. The average molecular weight is 324 g/mol. The Kier molecular flexibility index (Phi) is 6.09. The van der Waals surface area contributed by atoms with Crippen LogP contribution in [0, 0.1) is 5.82 Å². The Hall–Kier alpha value is -1.03. The van der Waals surface area contributed by atoms with Crippen molar-refractivity contribution in [3.05, 3.63) is 64.4 Å². The third kappa shape index (κ3) is 4.22. The van der Waals surface area contributed by atoms with E-state index in [0.29, 0.717) is 17.0 Å². The lowest BCUT2D eigenvalue weighted by atomic mass is 9.98. The van der Waals surface area contributed by atoms with Crippen molar-refractivity contribution in [1.29, 1.82) is 0 Å². The highest BCUT2D eigenvalue weighted by Crippen LogP contribution is 2.29. The lowest BCUT2D eigenvalue weighted by Gasteiger charge is -2.21. The fourth-order valence-electron chi connectivity index (χ4n) is 2.40. The van der Waals surface area contributed by atoms with E-state index in [1.54, 1.807) is 23.9 Å². The lowest BCUT2D eigenvalue weighted by Crippen LogP contribution is -2.24. The van der Waals surface area contributed by atoms with Gasteiger partial charge < -0.3 is 5.32 Å². The molecule has 0 radical (unpaired) electrons. The highest BCUT2D eigenvalue weighted by atomic mass is 35.5. The van der Waals surface area contributed by atoms with E-state index >= 15 is 0 Å². The molecule has 0 bridgehead atoms. The van der Waals surface area contributed by atoms with Crippen LogP contribution in [0.4, 0.5) is 4.39 Å². The first-order valence-electron chi connectivity index (χ1n) is 6.96. The van der Waals surface area contributed by atoms with Crippen LogP contribution in [0.5, 0.6) is 0 Å². The summed E-state index contributed by atoms with van der Waals surface area (Å²) in [5.74, 6) is -0.243. The molecular weight excluding hydrogens is 305 g/mol. The average Bonchev–Trinajstić information content (AvgIpc) is 2.49. The molecule has 0 spiro atoms. The minimum absolute atomic E-state index is 0.0920. The Bertz CT molecular complexity index is 603. The second-order valence-corrected chi connectivity index (χ2v) is 6.08. The fraction of sp³-hybridized carbons (Fsp3) is 0.294. The van der Waals surface area contributed by atoms with Gasteiger partial charge in [0.2, 0.25) is 0 Å². The summed E-state index contributed by atoms with van der Waals surface area (Å²) < 4.78 is 14.0. The van der Waals surface area contributed by atoms with Gasteiger partial charge in [0.1, 0.15) is 5.82 Å². The quantitative estimate of drug-likeness (QED) is 0.743. The van der Waals surface area contributed by atoms with E-state index in [2.05, 4.69) is 30.6 Å². The highest BCUT2D eigenvalue weighted by Gasteiger charge is 2.16. The van der Waals surface area contributed by atoms with Crippen LogP contribution < -0.4 is 5.32 Å². The van der Waals surface area contributed by atoms with Gasteiger partial charge in [0.25, 0.3) is 0 Å². The molecule has 0 aliphatic heterocycles. The van der Waals surface area contributed by atoms with E-state index in [1.165, 1.54) is 16.5 Å². The van der Waals surface area contributed by atoms with Gasteiger partial charge in [0, 0.05) is 16.0 Å². The van der Waals surface area contributed by atoms with E-state index in [9.17, 15) is 4.39 Å². The lowest BCUT2D eigenvalue weighted by molar-refractivity contribution is 0.522. The Balaban J connectivity index is 2.30. The highest BCUT2D eigenvalue weighted by molar-refractivity contribution is 7.98. The van der Waals surface area contributed by atoms with Crippen molar-refractivity contribution in [2.24, 2.45) is 0 Å². The summed E-state index contributed by atoms with van der Waals surface area (Å²) in [7, 11) is 0. The van der Waals surface area contributed by atoms with Gasteiger partial charge in [-0.25, -0.2) is 4.39 Å². The van der Waals surface area contributed by atoms with Crippen molar-refractivity contribution in [1.82, 2.24) is 5.32 Å². The number of thioether (sulfide) groups is 1. The number of nitrogens with one attached hydrogen (secondary N) is 1. The molecule has 0 aliphatic rings. The molecule has 0 aliphatic carbocycles. The predicted molar refractivity (Wildman–Crippen MR) is 89.8 cm³/mol. The third-order valence-corrected chi connectivity index (χ3v) is 4.45. The summed E-state index contributed by atoms with van der Waals surface area (Å²) in [5, 5.41) is 3.88. The molecule has 112 valence electrons. The second kappa shape index (κ2) is 7.83. The number of halogens is 2. The molecular formula is C17H19ClFNS. The minimum Gasteiger partial charge on any atom is -0.310 e. The van der Waals surface area contributed by atoms with Crippen molar-refractivity contribution in [3.8, 4) is 0 Å². The molecule has 4 heteroatoms. The maximum atomic E-state index is 14.0. The standard InChI is InChI=1S/C17H19ClFNS/c1-3-20-16(14-6-4-5-7-17(14)21-2)10-12-8-9-13(18)11-15(12)19/h4-9,11,16,20H,3,10H2,1-2H3. The van der Waals surface area contributed by atoms with Crippen LogP contribution in [0.3, 0.4) is 0 Å². The van der Waals surface area contributed by atoms with Crippen LogP contribution in [0.15, 0.2) is 47.4 Å². The number of hydrogen-bond acceptors (Lipinski definition) is 2. The molecule has 0 fully saturated rings. The molecule has 2 aromatic rings. The maximum Gasteiger partial charge on any atom is 0.127 e. The van der Waals surface area contributed by atoms with Crippen LogP contribution in [0.25, 0.3) is 0 Å². The van der Waals surface area contributed by atoms with Crippen molar-refractivity contribution in [3.63, 3.8) is 0 Å². The van der Waals surface area contributed by atoms with Gasteiger partial charge in [0.15, 0.2) is 0 Å². The summed E-state index contributed by atoms with van der Waals surface area (Å²) in [6.45, 7) is 2.90.